The van der Waals surface area contributed by atoms with E-state index in [1.54, 1.807) is 0 Å². The predicted octanol–water partition coefficient (Wildman–Crippen LogP) is 5.64. The summed E-state index contributed by atoms with van der Waals surface area (Å²) in [5.41, 5.74) is 9.43. The monoisotopic (exact) mass is 730 g/mol. The van der Waals surface area contributed by atoms with Gasteiger partial charge in [-0.25, -0.2) is 0 Å². The molecule has 2 aliphatic rings. The van der Waals surface area contributed by atoms with Crippen molar-refractivity contribution in [2.45, 2.75) is 53.4 Å². The van der Waals surface area contributed by atoms with E-state index in [9.17, 15) is 0 Å². The second-order valence-electron chi connectivity index (χ2n) is 9.60. The van der Waals surface area contributed by atoms with Crippen LogP contribution in [0.15, 0.2) is 89.3 Å². The highest BCUT2D eigenvalue weighted by molar-refractivity contribution is 14.1. The van der Waals surface area contributed by atoms with Crippen molar-refractivity contribution in [2.24, 2.45) is 0 Å². The predicted molar refractivity (Wildman–Crippen MR) is 175 cm³/mol. The smallest absolute Gasteiger partial charge is 0.406 e. The minimum Gasteiger partial charge on any atom is -0.674 e. The van der Waals surface area contributed by atoms with Crippen LogP contribution in [-0.4, -0.2) is 15.3 Å². The van der Waals surface area contributed by atoms with Gasteiger partial charge < -0.3 is 14.3 Å². The van der Waals surface area contributed by atoms with E-state index in [0.29, 0.717) is 0 Å². The summed E-state index contributed by atoms with van der Waals surface area (Å²) in [6.07, 6.45) is 5.88. The average molecular weight is 730 g/mol. The highest BCUT2D eigenvalue weighted by Crippen LogP contribution is 2.37. The summed E-state index contributed by atoms with van der Waals surface area (Å²) in [4.78, 5) is 7.35. The van der Waals surface area contributed by atoms with E-state index >= 15 is 0 Å². The summed E-state index contributed by atoms with van der Waals surface area (Å²) >= 11 is 4.84. The molecule has 7 heteroatoms. The number of rotatable bonds is 7. The molecule has 0 saturated heterocycles. The van der Waals surface area contributed by atoms with Gasteiger partial charge in [0.1, 0.15) is 5.76 Å². The quantitative estimate of drug-likeness (QED) is 0.244. The highest BCUT2D eigenvalue weighted by Gasteiger charge is 2.42. The van der Waals surface area contributed by atoms with Gasteiger partial charge in [0.25, 0.3) is 0 Å². The van der Waals surface area contributed by atoms with Crippen molar-refractivity contribution >= 4 is 72.1 Å². The van der Waals surface area contributed by atoms with E-state index < -0.39 is 6.55 Å². The summed E-state index contributed by atoms with van der Waals surface area (Å²) in [6.45, 7) is 6.80. The van der Waals surface area contributed by atoms with E-state index in [1.807, 2.05) is 12.1 Å². The van der Waals surface area contributed by atoms with E-state index in [1.165, 1.54) is 29.7 Å². The number of halogens is 2. The SMILES string of the molecule is CCC1=C(CC)/C(=C2\C=C(c3[nH]c(I)c(CC)c3CC)O[B-](c3ccccc3)(c3ccccc3)O2)[NH+]=C1I. The van der Waals surface area contributed by atoms with E-state index in [2.05, 4.69) is 137 Å². The van der Waals surface area contributed by atoms with Gasteiger partial charge in [0, 0.05) is 39.8 Å². The third-order valence-electron chi connectivity index (χ3n) is 7.56. The average Bonchev–Trinajstić information content (AvgIpc) is 3.48. The number of allylic oxidation sites excluding steroid dienone is 3. The van der Waals surface area contributed by atoms with Crippen LogP contribution in [0.4, 0.5) is 0 Å². The maximum atomic E-state index is 7.11. The van der Waals surface area contributed by atoms with Crippen LogP contribution in [0.3, 0.4) is 0 Å². The van der Waals surface area contributed by atoms with Crippen molar-refractivity contribution in [3.63, 3.8) is 0 Å². The zero-order chi connectivity index (χ0) is 26.9. The zero-order valence-electron chi connectivity index (χ0n) is 22.3. The largest absolute Gasteiger partial charge is 0.674 e. The normalized spacial score (nSPS) is 18.7. The lowest BCUT2D eigenvalue weighted by Crippen LogP contribution is -2.69. The Bertz CT molecular complexity index is 1430. The Hall–Kier alpha value is -2.27. The number of benzene rings is 2. The van der Waals surface area contributed by atoms with Crippen LogP contribution in [0.2, 0.25) is 0 Å². The maximum Gasteiger partial charge on any atom is 0.406 e. The van der Waals surface area contributed by atoms with Gasteiger partial charge in [-0.15, -0.1) is 10.9 Å². The topological polar surface area (TPSA) is 48.2 Å². The molecule has 0 fully saturated rings. The lowest BCUT2D eigenvalue weighted by atomic mass is 9.45. The molecule has 2 N–H and O–H groups in total. The Balaban J connectivity index is 1.83. The maximum absolute atomic E-state index is 7.11. The lowest BCUT2D eigenvalue weighted by Gasteiger charge is -2.47. The van der Waals surface area contributed by atoms with Gasteiger partial charge in [0.15, 0.2) is 0 Å². The molecule has 196 valence electrons. The van der Waals surface area contributed by atoms with Crippen molar-refractivity contribution in [3.8, 4) is 0 Å². The fourth-order valence-corrected chi connectivity index (χ4v) is 7.69. The molecule has 3 aromatic rings. The molecule has 5 rings (SSSR count). The third-order valence-corrected chi connectivity index (χ3v) is 9.40. The fraction of sp³-hybridized carbons (Fsp3) is 0.258. The molecule has 0 bridgehead atoms. The first-order valence-electron chi connectivity index (χ1n) is 13.5. The van der Waals surface area contributed by atoms with Crippen molar-refractivity contribution in [2.75, 3.05) is 0 Å². The van der Waals surface area contributed by atoms with Crippen LogP contribution in [0.1, 0.15) is 57.4 Å². The second-order valence-corrected chi connectivity index (χ2v) is 11.8. The molecule has 0 atom stereocenters. The zero-order valence-corrected chi connectivity index (χ0v) is 26.6. The first-order valence-corrected chi connectivity index (χ1v) is 15.6. The van der Waals surface area contributed by atoms with Crippen molar-refractivity contribution in [1.82, 2.24) is 4.98 Å². The van der Waals surface area contributed by atoms with Gasteiger partial charge in [0.2, 0.25) is 9.42 Å². The van der Waals surface area contributed by atoms with Crippen LogP contribution >= 0.6 is 45.2 Å². The van der Waals surface area contributed by atoms with Crippen LogP contribution < -0.4 is 15.9 Å². The molecule has 0 saturated carbocycles. The van der Waals surface area contributed by atoms with Gasteiger partial charge in [-0.1, -0.05) is 88.4 Å². The third kappa shape index (κ3) is 4.70. The molecule has 0 unspecified atom stereocenters. The van der Waals surface area contributed by atoms with Gasteiger partial charge in [-0.2, -0.15) is 4.99 Å². The minimum atomic E-state index is -2.07. The number of hydrogen-bond donors (Lipinski definition) is 2. The number of H-pyrrole nitrogens is 1. The number of hydrogen-bond acceptors (Lipinski definition) is 2. The number of nitrogens with one attached hydrogen (secondary N) is 2. The Kier molecular flexibility index (Phi) is 8.23. The molecular weight excluding hydrogens is 697 g/mol. The molecule has 0 aliphatic carbocycles. The van der Waals surface area contributed by atoms with Crippen molar-refractivity contribution < 1.29 is 14.3 Å². The molecule has 0 radical (unpaired) electrons. The molecule has 2 aliphatic heterocycles. The minimum absolute atomic E-state index is 0.818. The molecule has 38 heavy (non-hydrogen) atoms. The van der Waals surface area contributed by atoms with Gasteiger partial charge in [-0.3, -0.25) is 0 Å². The Morgan fingerprint density at radius 1 is 0.737 bits per heavy atom. The summed E-state index contributed by atoms with van der Waals surface area (Å²) in [5, 5.41) is 0. The lowest BCUT2D eigenvalue weighted by molar-refractivity contribution is -0.386. The van der Waals surface area contributed by atoms with Crippen LogP contribution in [0.25, 0.3) is 5.76 Å². The fourth-order valence-electron chi connectivity index (χ4n) is 5.73. The summed E-state index contributed by atoms with van der Waals surface area (Å²) in [5.74, 6) is 1.64. The molecule has 2 aromatic carbocycles. The molecule has 0 spiro atoms. The van der Waals surface area contributed by atoms with Gasteiger partial charge in [-0.05, 0) is 59.4 Å². The highest BCUT2D eigenvalue weighted by atomic mass is 127. The van der Waals surface area contributed by atoms with Crippen molar-refractivity contribution in [3.05, 3.63) is 110 Å². The standard InChI is InChI=1S/C31H32BI2N2O2/c1-5-22-24(7-3)30(33)35-28(22)26-19-27(29-23(6-2)25(8-4)31(34)36-29)38-32(37-26,20-15-11-9-12-16-20)21-17-13-10-14-18-21/h9-19,35H,5-8H2,1-4H3/q-1/p+1/b29-27-. The molecular formula is C31H33BI2N2O2. The molecule has 3 heterocycles. The summed E-state index contributed by atoms with van der Waals surface area (Å²) in [6, 6.07) is 20.7. The van der Waals surface area contributed by atoms with E-state index in [0.717, 1.165) is 59.5 Å². The van der Waals surface area contributed by atoms with Crippen molar-refractivity contribution in [1.29, 1.82) is 0 Å². The van der Waals surface area contributed by atoms with E-state index in [4.69, 9.17) is 9.31 Å². The molecule has 4 nitrogen and oxygen atoms in total. The first-order chi connectivity index (χ1) is 18.5. The van der Waals surface area contributed by atoms with E-state index in [-0.39, 0.29) is 0 Å². The van der Waals surface area contributed by atoms with Gasteiger partial charge in [0.05, 0.1) is 15.2 Å². The van der Waals surface area contributed by atoms with Crippen LogP contribution in [0.5, 0.6) is 0 Å². The number of aromatic amines is 1. The van der Waals surface area contributed by atoms with Crippen LogP contribution in [0, 0.1) is 3.70 Å². The summed E-state index contributed by atoms with van der Waals surface area (Å²) < 4.78 is 16.6. The van der Waals surface area contributed by atoms with Gasteiger partial charge >= 0.3 is 6.55 Å². The summed E-state index contributed by atoms with van der Waals surface area (Å²) in [7, 11) is 0. The Morgan fingerprint density at radius 2 is 1.32 bits per heavy atom. The Morgan fingerprint density at radius 3 is 1.84 bits per heavy atom. The molecule has 0 amide bonds. The Labute approximate surface area is 253 Å². The number of aromatic nitrogens is 1. The first kappa shape index (κ1) is 27.3. The van der Waals surface area contributed by atoms with Crippen LogP contribution in [-0.2, 0) is 22.2 Å². The molecule has 1 aromatic heterocycles. The second kappa shape index (κ2) is 11.5.